The van der Waals surface area contributed by atoms with Gasteiger partial charge in [0.05, 0.1) is 6.20 Å². The normalized spacial score (nSPS) is 13.1. The van der Waals surface area contributed by atoms with E-state index in [-0.39, 0.29) is 18.5 Å². The number of aliphatic hydroxyl groups is 1. The average molecular weight is 226 g/mol. The first-order chi connectivity index (χ1) is 7.63. The molecule has 4 heteroatoms. The van der Waals surface area contributed by atoms with Crippen LogP contribution < -0.4 is 5.32 Å². The zero-order valence-electron chi connectivity index (χ0n) is 9.78. The number of hydrogen-bond acceptors (Lipinski definition) is 3. The third-order valence-electron chi connectivity index (χ3n) is 2.57. The van der Waals surface area contributed by atoms with Crippen molar-refractivity contribution < 1.29 is 9.50 Å². The van der Waals surface area contributed by atoms with Crippen LogP contribution in [0, 0.1) is 11.7 Å². The van der Waals surface area contributed by atoms with E-state index in [0.717, 1.165) is 5.56 Å². The third-order valence-corrected chi connectivity index (χ3v) is 2.57. The summed E-state index contributed by atoms with van der Waals surface area (Å²) in [4.78, 5) is 3.79. The molecule has 3 nitrogen and oxygen atoms in total. The van der Waals surface area contributed by atoms with Crippen LogP contribution in [0.25, 0.3) is 0 Å². The molecule has 0 fully saturated rings. The minimum atomic E-state index is -0.317. The van der Waals surface area contributed by atoms with Crippen molar-refractivity contribution in [3.05, 3.63) is 29.8 Å². The lowest BCUT2D eigenvalue weighted by Gasteiger charge is -2.21. The molecule has 16 heavy (non-hydrogen) atoms. The first kappa shape index (κ1) is 13.1. The highest BCUT2D eigenvalue weighted by Crippen LogP contribution is 2.07. The number of halogens is 1. The van der Waals surface area contributed by atoms with Crippen LogP contribution in [0.15, 0.2) is 18.5 Å². The molecule has 0 amide bonds. The largest absolute Gasteiger partial charge is 0.396 e. The number of nitrogens with zero attached hydrogens (tertiary/aromatic N) is 1. The smallest absolute Gasteiger partial charge is 0.141 e. The predicted molar refractivity (Wildman–Crippen MR) is 61.4 cm³/mol. The van der Waals surface area contributed by atoms with Gasteiger partial charge >= 0.3 is 0 Å². The predicted octanol–water partition coefficient (Wildman–Crippen LogP) is 1.72. The van der Waals surface area contributed by atoms with Crippen LogP contribution >= 0.6 is 0 Å². The molecule has 1 heterocycles. The van der Waals surface area contributed by atoms with Gasteiger partial charge in [-0.2, -0.15) is 0 Å². The molecule has 0 spiro atoms. The van der Waals surface area contributed by atoms with E-state index in [1.807, 2.05) is 0 Å². The molecule has 0 aliphatic heterocycles. The lowest BCUT2D eigenvalue weighted by Crippen LogP contribution is -2.34. The summed E-state index contributed by atoms with van der Waals surface area (Å²) in [6.45, 7) is 4.93. The van der Waals surface area contributed by atoms with Crippen molar-refractivity contribution in [2.75, 3.05) is 6.61 Å². The Morgan fingerprint density at radius 1 is 1.44 bits per heavy atom. The van der Waals surface area contributed by atoms with Crippen LogP contribution in [0.5, 0.6) is 0 Å². The van der Waals surface area contributed by atoms with E-state index in [2.05, 4.69) is 24.1 Å². The molecule has 1 atom stereocenters. The van der Waals surface area contributed by atoms with E-state index < -0.39 is 0 Å². The second kappa shape index (κ2) is 6.55. The number of rotatable bonds is 6. The number of nitrogens with one attached hydrogen (secondary N) is 1. The Morgan fingerprint density at radius 2 is 2.19 bits per heavy atom. The summed E-state index contributed by atoms with van der Waals surface area (Å²) in [5.41, 5.74) is 0.823. The van der Waals surface area contributed by atoms with Crippen molar-refractivity contribution in [2.24, 2.45) is 5.92 Å². The summed E-state index contributed by atoms with van der Waals surface area (Å²) in [5.74, 6) is 0.122. The van der Waals surface area contributed by atoms with Gasteiger partial charge in [0.1, 0.15) is 5.82 Å². The van der Waals surface area contributed by atoms with Crippen molar-refractivity contribution in [1.29, 1.82) is 0 Å². The van der Waals surface area contributed by atoms with Gasteiger partial charge in [-0.15, -0.1) is 0 Å². The maximum Gasteiger partial charge on any atom is 0.141 e. The monoisotopic (exact) mass is 226 g/mol. The van der Waals surface area contributed by atoms with Gasteiger partial charge in [-0.05, 0) is 24.0 Å². The molecule has 0 saturated heterocycles. The quantitative estimate of drug-likeness (QED) is 0.776. The number of hydrogen-bond donors (Lipinski definition) is 2. The van der Waals surface area contributed by atoms with Gasteiger partial charge < -0.3 is 10.4 Å². The van der Waals surface area contributed by atoms with Crippen molar-refractivity contribution in [3.8, 4) is 0 Å². The van der Waals surface area contributed by atoms with E-state index >= 15 is 0 Å². The lowest BCUT2D eigenvalue weighted by atomic mass is 10.0. The van der Waals surface area contributed by atoms with Gasteiger partial charge in [0.25, 0.3) is 0 Å². The van der Waals surface area contributed by atoms with Gasteiger partial charge in [-0.1, -0.05) is 13.8 Å². The second-order valence-electron chi connectivity index (χ2n) is 4.26. The first-order valence-corrected chi connectivity index (χ1v) is 5.57. The van der Waals surface area contributed by atoms with E-state index in [0.29, 0.717) is 18.9 Å². The minimum absolute atomic E-state index is 0.164. The molecule has 0 saturated carbocycles. The molecule has 1 aromatic rings. The van der Waals surface area contributed by atoms with Crippen molar-refractivity contribution in [2.45, 2.75) is 32.9 Å². The van der Waals surface area contributed by atoms with Crippen LogP contribution in [0.3, 0.4) is 0 Å². The summed E-state index contributed by atoms with van der Waals surface area (Å²) < 4.78 is 12.9. The zero-order valence-corrected chi connectivity index (χ0v) is 9.78. The Kier molecular flexibility index (Phi) is 5.35. The van der Waals surface area contributed by atoms with Crippen LogP contribution in [-0.2, 0) is 6.54 Å². The standard InChI is InChI=1S/C12H19FN2O/c1-9(2)12(3-4-16)15-7-10-5-11(13)8-14-6-10/h5-6,8-9,12,15-16H,3-4,7H2,1-2H3. The molecule has 0 aliphatic rings. The van der Waals surface area contributed by atoms with E-state index in [4.69, 9.17) is 5.11 Å². The number of aliphatic hydroxyl groups excluding tert-OH is 1. The summed E-state index contributed by atoms with van der Waals surface area (Å²) in [5, 5.41) is 12.2. The first-order valence-electron chi connectivity index (χ1n) is 5.57. The Labute approximate surface area is 95.7 Å². The van der Waals surface area contributed by atoms with Crippen LogP contribution in [0.4, 0.5) is 4.39 Å². The van der Waals surface area contributed by atoms with Crippen molar-refractivity contribution in [1.82, 2.24) is 10.3 Å². The van der Waals surface area contributed by atoms with Gasteiger partial charge in [-0.3, -0.25) is 4.98 Å². The fraction of sp³-hybridized carbons (Fsp3) is 0.583. The van der Waals surface area contributed by atoms with Gasteiger partial charge in [0.2, 0.25) is 0 Å². The van der Waals surface area contributed by atoms with Gasteiger partial charge in [-0.25, -0.2) is 4.39 Å². The summed E-state index contributed by atoms with van der Waals surface area (Å²) in [6.07, 6.45) is 3.55. The molecule has 1 unspecified atom stereocenters. The number of pyridine rings is 1. The molecule has 90 valence electrons. The third kappa shape index (κ3) is 4.24. The molecule has 0 aliphatic carbocycles. The maximum absolute atomic E-state index is 12.9. The highest BCUT2D eigenvalue weighted by Gasteiger charge is 2.11. The second-order valence-corrected chi connectivity index (χ2v) is 4.26. The van der Waals surface area contributed by atoms with Gasteiger partial charge in [0, 0.05) is 25.4 Å². The van der Waals surface area contributed by atoms with E-state index in [1.54, 1.807) is 6.20 Å². The summed E-state index contributed by atoms with van der Waals surface area (Å²) in [7, 11) is 0. The molecule has 0 bridgehead atoms. The van der Waals surface area contributed by atoms with Crippen LogP contribution in [-0.4, -0.2) is 22.7 Å². The van der Waals surface area contributed by atoms with Crippen LogP contribution in [0.1, 0.15) is 25.8 Å². The molecule has 1 aromatic heterocycles. The molecule has 1 rings (SSSR count). The Balaban J connectivity index is 2.48. The van der Waals surface area contributed by atoms with E-state index in [1.165, 1.54) is 12.3 Å². The van der Waals surface area contributed by atoms with Gasteiger partial charge in [0.15, 0.2) is 0 Å². The molecular formula is C12H19FN2O. The molecule has 0 radical (unpaired) electrons. The Bertz CT molecular complexity index is 318. The van der Waals surface area contributed by atoms with E-state index in [9.17, 15) is 4.39 Å². The average Bonchev–Trinajstić information content (AvgIpc) is 2.24. The summed E-state index contributed by atoms with van der Waals surface area (Å²) in [6, 6.07) is 1.71. The minimum Gasteiger partial charge on any atom is -0.396 e. The molecular weight excluding hydrogens is 207 g/mol. The van der Waals surface area contributed by atoms with Crippen LogP contribution in [0.2, 0.25) is 0 Å². The fourth-order valence-electron chi connectivity index (χ4n) is 1.61. The number of aromatic nitrogens is 1. The lowest BCUT2D eigenvalue weighted by molar-refractivity contribution is 0.244. The zero-order chi connectivity index (χ0) is 12.0. The highest BCUT2D eigenvalue weighted by atomic mass is 19.1. The Hall–Kier alpha value is -1.00. The van der Waals surface area contributed by atoms with Crippen molar-refractivity contribution >= 4 is 0 Å². The maximum atomic E-state index is 12.9. The fourth-order valence-corrected chi connectivity index (χ4v) is 1.61. The Morgan fingerprint density at radius 3 is 2.75 bits per heavy atom. The SMILES string of the molecule is CC(C)C(CCO)NCc1cncc(F)c1. The topological polar surface area (TPSA) is 45.1 Å². The van der Waals surface area contributed by atoms with Crippen molar-refractivity contribution in [3.63, 3.8) is 0 Å². The molecule has 0 aromatic carbocycles. The highest BCUT2D eigenvalue weighted by molar-refractivity contribution is 5.09. The summed E-state index contributed by atoms with van der Waals surface area (Å²) >= 11 is 0. The molecule has 2 N–H and O–H groups in total.